The Morgan fingerprint density at radius 3 is 2.57 bits per heavy atom. The van der Waals surface area contributed by atoms with E-state index < -0.39 is 0 Å². The Morgan fingerprint density at radius 2 is 1.91 bits per heavy atom. The summed E-state index contributed by atoms with van der Waals surface area (Å²) < 4.78 is 6.05. The van der Waals surface area contributed by atoms with Crippen molar-refractivity contribution in [2.45, 2.75) is 23.8 Å². The summed E-state index contributed by atoms with van der Waals surface area (Å²) >= 11 is 4.01. The number of amides is 1. The smallest absolute Gasteiger partial charge is 0.257 e. The first-order chi connectivity index (χ1) is 10.8. The molecule has 1 heterocycles. The Bertz CT molecular complexity index is 454. The molecule has 0 bridgehead atoms. The molecule has 23 heavy (non-hydrogen) atoms. The molecule has 1 saturated heterocycles. The van der Waals surface area contributed by atoms with Crippen LogP contribution in [0.15, 0.2) is 24.3 Å². The third kappa shape index (κ3) is 7.70. The molecule has 0 saturated carbocycles. The molecule has 0 aliphatic carbocycles. The van der Waals surface area contributed by atoms with Crippen LogP contribution in [-0.2, 0) is 4.79 Å². The molecule has 1 aliphatic heterocycles. The molecule has 0 unspecified atom stereocenters. The quantitative estimate of drug-likeness (QED) is 0.682. The Labute approximate surface area is 153 Å². The maximum absolute atomic E-state index is 11.6. The van der Waals surface area contributed by atoms with Gasteiger partial charge in [0.1, 0.15) is 5.75 Å². The molecule has 130 valence electrons. The molecule has 0 radical (unpaired) electrons. The van der Waals surface area contributed by atoms with Gasteiger partial charge in [0, 0.05) is 6.54 Å². The number of carbonyl (C=O) groups excluding carboxylic acids is 1. The van der Waals surface area contributed by atoms with Crippen LogP contribution in [0.3, 0.4) is 0 Å². The van der Waals surface area contributed by atoms with Gasteiger partial charge in [0.05, 0.1) is 4.58 Å². The Hall–Kier alpha value is -0.560. The van der Waals surface area contributed by atoms with Gasteiger partial charge in [0.15, 0.2) is 6.61 Å². The lowest BCUT2D eigenvalue weighted by Crippen LogP contribution is -2.29. The number of thioether (sulfide) groups is 2. The van der Waals surface area contributed by atoms with Gasteiger partial charge < -0.3 is 15.8 Å². The highest BCUT2D eigenvalue weighted by Gasteiger charge is 2.16. The molecule has 1 amide bonds. The van der Waals surface area contributed by atoms with Crippen molar-refractivity contribution in [3.05, 3.63) is 29.8 Å². The molecule has 2 rings (SSSR count). The van der Waals surface area contributed by atoms with E-state index in [1.165, 1.54) is 23.5 Å². The SMILES string of the molecule is Cl.NCCCCNC(=O)COc1ccc(C2SCCCS2)cc1. The minimum absolute atomic E-state index is 0. The van der Waals surface area contributed by atoms with E-state index >= 15 is 0 Å². The van der Waals surface area contributed by atoms with Crippen LogP contribution in [0.5, 0.6) is 5.75 Å². The summed E-state index contributed by atoms with van der Waals surface area (Å²) in [5.74, 6) is 3.13. The lowest BCUT2D eigenvalue weighted by Gasteiger charge is -2.21. The highest BCUT2D eigenvalue weighted by atomic mass is 35.5. The van der Waals surface area contributed by atoms with Crippen molar-refractivity contribution in [2.75, 3.05) is 31.2 Å². The molecule has 1 aromatic carbocycles. The molecule has 0 aromatic heterocycles. The Morgan fingerprint density at radius 1 is 1.22 bits per heavy atom. The van der Waals surface area contributed by atoms with Gasteiger partial charge in [-0.1, -0.05) is 12.1 Å². The van der Waals surface area contributed by atoms with Gasteiger partial charge >= 0.3 is 0 Å². The summed E-state index contributed by atoms with van der Waals surface area (Å²) in [5, 5.41) is 2.82. The number of benzene rings is 1. The van der Waals surface area contributed by atoms with Crippen LogP contribution in [-0.4, -0.2) is 37.1 Å². The van der Waals surface area contributed by atoms with Gasteiger partial charge in [0.25, 0.3) is 5.91 Å². The fraction of sp³-hybridized carbons (Fsp3) is 0.562. The molecule has 1 aromatic rings. The average Bonchev–Trinajstić information content (AvgIpc) is 2.58. The standard InChI is InChI=1S/C16H24N2O2S2.ClH/c17-8-1-2-9-18-15(19)12-20-14-6-4-13(5-7-14)16-21-10-3-11-22-16;/h4-7,16H,1-3,8-12,17H2,(H,18,19);1H. The van der Waals surface area contributed by atoms with Crippen molar-refractivity contribution in [3.63, 3.8) is 0 Å². The fourth-order valence-corrected chi connectivity index (χ4v) is 4.99. The first kappa shape index (κ1) is 20.5. The van der Waals surface area contributed by atoms with E-state index in [-0.39, 0.29) is 24.9 Å². The largest absolute Gasteiger partial charge is 0.484 e. The molecular weight excluding hydrogens is 352 g/mol. The molecule has 3 N–H and O–H groups in total. The first-order valence-electron chi connectivity index (χ1n) is 7.72. The summed E-state index contributed by atoms with van der Waals surface area (Å²) in [6.07, 6.45) is 3.14. The van der Waals surface area contributed by atoms with Crippen LogP contribution in [0.4, 0.5) is 0 Å². The van der Waals surface area contributed by atoms with Gasteiger partial charge in [-0.05, 0) is 55.0 Å². The molecule has 1 fully saturated rings. The van der Waals surface area contributed by atoms with E-state index in [1.54, 1.807) is 0 Å². The summed E-state index contributed by atoms with van der Waals surface area (Å²) in [5.41, 5.74) is 6.73. The minimum Gasteiger partial charge on any atom is -0.484 e. The molecular formula is C16H25ClN2O2S2. The van der Waals surface area contributed by atoms with E-state index in [9.17, 15) is 4.79 Å². The van der Waals surface area contributed by atoms with Gasteiger partial charge in [-0.15, -0.1) is 35.9 Å². The van der Waals surface area contributed by atoms with Crippen LogP contribution in [0.1, 0.15) is 29.4 Å². The Kier molecular flexibility index (Phi) is 10.6. The van der Waals surface area contributed by atoms with Crippen molar-refractivity contribution in [3.8, 4) is 5.75 Å². The predicted octanol–water partition coefficient (Wildman–Crippen LogP) is 3.21. The van der Waals surface area contributed by atoms with E-state index in [0.717, 1.165) is 18.6 Å². The number of hydrogen-bond donors (Lipinski definition) is 2. The third-order valence-electron chi connectivity index (χ3n) is 3.30. The summed E-state index contributed by atoms with van der Waals surface area (Å²) in [6, 6.07) is 8.11. The van der Waals surface area contributed by atoms with Gasteiger partial charge in [-0.3, -0.25) is 4.79 Å². The number of ether oxygens (including phenoxy) is 1. The zero-order valence-corrected chi connectivity index (χ0v) is 15.6. The maximum Gasteiger partial charge on any atom is 0.257 e. The number of carbonyl (C=O) groups is 1. The van der Waals surface area contributed by atoms with Crippen LogP contribution in [0, 0.1) is 0 Å². The van der Waals surface area contributed by atoms with Crippen LogP contribution >= 0.6 is 35.9 Å². The van der Waals surface area contributed by atoms with E-state index in [1.807, 2.05) is 35.7 Å². The number of halogens is 1. The van der Waals surface area contributed by atoms with Gasteiger partial charge in [-0.2, -0.15) is 0 Å². The van der Waals surface area contributed by atoms with Gasteiger partial charge in [0.2, 0.25) is 0 Å². The summed E-state index contributed by atoms with van der Waals surface area (Å²) in [4.78, 5) is 11.6. The topological polar surface area (TPSA) is 64.3 Å². The highest BCUT2D eigenvalue weighted by molar-refractivity contribution is 8.16. The summed E-state index contributed by atoms with van der Waals surface area (Å²) in [6.45, 7) is 1.39. The fourth-order valence-electron chi connectivity index (χ4n) is 2.10. The Balaban J connectivity index is 0.00000264. The van der Waals surface area contributed by atoms with Crippen molar-refractivity contribution in [1.29, 1.82) is 0 Å². The summed E-state index contributed by atoms with van der Waals surface area (Å²) in [7, 11) is 0. The highest BCUT2D eigenvalue weighted by Crippen LogP contribution is 2.43. The second-order valence-corrected chi connectivity index (χ2v) is 7.85. The zero-order chi connectivity index (χ0) is 15.6. The lowest BCUT2D eigenvalue weighted by molar-refractivity contribution is -0.123. The molecule has 4 nitrogen and oxygen atoms in total. The minimum atomic E-state index is -0.0838. The molecule has 7 heteroatoms. The number of hydrogen-bond acceptors (Lipinski definition) is 5. The van der Waals surface area contributed by atoms with Crippen molar-refractivity contribution < 1.29 is 9.53 Å². The molecule has 1 aliphatic rings. The van der Waals surface area contributed by atoms with E-state index in [2.05, 4.69) is 17.4 Å². The third-order valence-corrected chi connectivity index (χ3v) is 6.32. The lowest BCUT2D eigenvalue weighted by atomic mass is 10.2. The molecule has 0 spiro atoms. The normalized spacial score (nSPS) is 14.8. The van der Waals surface area contributed by atoms with Crippen molar-refractivity contribution >= 4 is 41.8 Å². The van der Waals surface area contributed by atoms with Crippen LogP contribution in [0.25, 0.3) is 0 Å². The van der Waals surface area contributed by atoms with Crippen LogP contribution < -0.4 is 15.8 Å². The van der Waals surface area contributed by atoms with Gasteiger partial charge in [-0.25, -0.2) is 0 Å². The number of nitrogens with two attached hydrogens (primary N) is 1. The zero-order valence-electron chi connectivity index (χ0n) is 13.2. The van der Waals surface area contributed by atoms with Crippen LogP contribution in [0.2, 0.25) is 0 Å². The van der Waals surface area contributed by atoms with E-state index in [4.69, 9.17) is 10.5 Å². The van der Waals surface area contributed by atoms with Crippen molar-refractivity contribution in [1.82, 2.24) is 5.32 Å². The number of unbranched alkanes of at least 4 members (excludes halogenated alkanes) is 1. The second kappa shape index (κ2) is 11.9. The monoisotopic (exact) mass is 376 g/mol. The number of rotatable bonds is 8. The maximum atomic E-state index is 11.6. The average molecular weight is 377 g/mol. The number of nitrogens with one attached hydrogen (secondary N) is 1. The second-order valence-electron chi connectivity index (χ2n) is 5.13. The first-order valence-corrected chi connectivity index (χ1v) is 9.82. The predicted molar refractivity (Wildman–Crippen MR) is 103 cm³/mol. The van der Waals surface area contributed by atoms with Crippen molar-refractivity contribution in [2.24, 2.45) is 5.73 Å². The molecule has 0 atom stereocenters. The van der Waals surface area contributed by atoms with E-state index in [0.29, 0.717) is 17.7 Å².